The fourth-order valence-electron chi connectivity index (χ4n) is 1.61. The highest BCUT2D eigenvalue weighted by Gasteiger charge is 2.07. The first kappa shape index (κ1) is 13.4. The summed E-state index contributed by atoms with van der Waals surface area (Å²) in [5.74, 6) is 0.00684. The Kier molecular flexibility index (Phi) is 3.82. The van der Waals surface area contributed by atoms with E-state index >= 15 is 0 Å². The number of hydrogen-bond donors (Lipinski definition) is 2. The number of anilines is 3. The molecule has 0 bridgehead atoms. The van der Waals surface area contributed by atoms with Crippen LogP contribution >= 0.6 is 0 Å². The Bertz CT molecular complexity index is 675. The van der Waals surface area contributed by atoms with Crippen molar-refractivity contribution in [3.63, 3.8) is 0 Å². The van der Waals surface area contributed by atoms with Crippen LogP contribution in [0, 0.1) is 11.3 Å². The van der Waals surface area contributed by atoms with Crippen LogP contribution in [0.1, 0.15) is 15.9 Å². The molecule has 0 saturated carbocycles. The first-order chi connectivity index (χ1) is 9.63. The molecule has 0 aliphatic rings. The number of rotatable bonds is 3. The SMILES string of the molecule is COC(=O)c1ccc(Nc2ncc(N)cc2C#N)cc1. The Balaban J connectivity index is 2.23. The number of nitriles is 1. The van der Waals surface area contributed by atoms with Gasteiger partial charge in [0.15, 0.2) is 0 Å². The van der Waals surface area contributed by atoms with Crippen LogP contribution in [-0.2, 0) is 4.74 Å². The third-order valence-electron chi connectivity index (χ3n) is 2.60. The van der Waals surface area contributed by atoms with Gasteiger partial charge in [0.1, 0.15) is 11.9 Å². The number of methoxy groups -OCH3 is 1. The molecular formula is C14H12N4O2. The molecule has 1 heterocycles. The fraction of sp³-hybridized carbons (Fsp3) is 0.0714. The lowest BCUT2D eigenvalue weighted by atomic mass is 10.2. The lowest BCUT2D eigenvalue weighted by Gasteiger charge is -2.08. The summed E-state index contributed by atoms with van der Waals surface area (Å²) in [5, 5.41) is 12.0. The van der Waals surface area contributed by atoms with E-state index in [1.165, 1.54) is 19.4 Å². The Morgan fingerprint density at radius 2 is 2.10 bits per heavy atom. The van der Waals surface area contributed by atoms with Crippen molar-refractivity contribution in [2.75, 3.05) is 18.2 Å². The number of ether oxygens (including phenoxy) is 1. The van der Waals surface area contributed by atoms with Crippen molar-refractivity contribution < 1.29 is 9.53 Å². The fourth-order valence-corrected chi connectivity index (χ4v) is 1.61. The van der Waals surface area contributed by atoms with Gasteiger partial charge in [0.2, 0.25) is 0 Å². The van der Waals surface area contributed by atoms with Gasteiger partial charge in [0.25, 0.3) is 0 Å². The van der Waals surface area contributed by atoms with Gasteiger partial charge in [-0.15, -0.1) is 0 Å². The number of nitrogens with two attached hydrogens (primary N) is 1. The number of benzene rings is 1. The minimum Gasteiger partial charge on any atom is -0.465 e. The van der Waals surface area contributed by atoms with Gasteiger partial charge < -0.3 is 15.8 Å². The second-order valence-corrected chi connectivity index (χ2v) is 3.97. The van der Waals surface area contributed by atoms with Gasteiger partial charge in [-0.1, -0.05) is 0 Å². The zero-order chi connectivity index (χ0) is 14.5. The van der Waals surface area contributed by atoms with Crippen LogP contribution in [-0.4, -0.2) is 18.1 Å². The van der Waals surface area contributed by atoms with Crippen molar-refractivity contribution >= 4 is 23.2 Å². The maximum atomic E-state index is 11.3. The van der Waals surface area contributed by atoms with Gasteiger partial charge in [-0.2, -0.15) is 5.26 Å². The quantitative estimate of drug-likeness (QED) is 0.826. The van der Waals surface area contributed by atoms with Gasteiger partial charge in [0, 0.05) is 5.69 Å². The molecule has 0 amide bonds. The summed E-state index contributed by atoms with van der Waals surface area (Å²) in [6.45, 7) is 0. The molecule has 0 unspecified atom stereocenters. The normalized spacial score (nSPS) is 9.60. The van der Waals surface area contributed by atoms with Crippen molar-refractivity contribution in [1.82, 2.24) is 4.98 Å². The van der Waals surface area contributed by atoms with E-state index in [1.807, 2.05) is 6.07 Å². The highest BCUT2D eigenvalue weighted by atomic mass is 16.5. The number of aromatic nitrogens is 1. The minimum absolute atomic E-state index is 0.349. The summed E-state index contributed by atoms with van der Waals surface area (Å²) >= 11 is 0. The Morgan fingerprint density at radius 1 is 1.40 bits per heavy atom. The molecule has 1 aromatic heterocycles. The van der Waals surface area contributed by atoms with Gasteiger partial charge in [0.05, 0.1) is 30.1 Å². The molecule has 0 atom stereocenters. The number of nitrogens with one attached hydrogen (secondary N) is 1. The molecule has 3 N–H and O–H groups in total. The number of carbonyl (C=O) groups is 1. The van der Waals surface area contributed by atoms with E-state index in [9.17, 15) is 4.79 Å². The van der Waals surface area contributed by atoms with E-state index in [4.69, 9.17) is 11.0 Å². The van der Waals surface area contributed by atoms with E-state index in [-0.39, 0.29) is 0 Å². The highest BCUT2D eigenvalue weighted by Crippen LogP contribution is 2.20. The Morgan fingerprint density at radius 3 is 2.70 bits per heavy atom. The standard InChI is InChI=1S/C14H12N4O2/c1-20-14(19)9-2-4-12(5-3-9)18-13-10(7-15)6-11(16)8-17-13/h2-6,8H,16H2,1H3,(H,17,18). The number of carbonyl (C=O) groups excluding carboxylic acids is 1. The second kappa shape index (κ2) is 5.71. The van der Waals surface area contributed by atoms with Crippen LogP contribution in [0.25, 0.3) is 0 Å². The van der Waals surface area contributed by atoms with Crippen LogP contribution < -0.4 is 11.1 Å². The molecule has 0 aliphatic carbocycles. The largest absolute Gasteiger partial charge is 0.465 e. The van der Waals surface area contributed by atoms with Gasteiger partial charge in [-0.05, 0) is 30.3 Å². The smallest absolute Gasteiger partial charge is 0.337 e. The third-order valence-corrected chi connectivity index (χ3v) is 2.60. The van der Waals surface area contributed by atoms with Crippen molar-refractivity contribution in [2.45, 2.75) is 0 Å². The zero-order valence-corrected chi connectivity index (χ0v) is 10.8. The summed E-state index contributed by atoms with van der Waals surface area (Å²) in [5.41, 5.74) is 7.49. The molecule has 2 aromatic rings. The Labute approximate surface area is 115 Å². The summed E-state index contributed by atoms with van der Waals surface area (Å²) in [4.78, 5) is 15.4. The molecule has 1 aromatic carbocycles. The molecule has 0 radical (unpaired) electrons. The molecule has 0 fully saturated rings. The first-order valence-corrected chi connectivity index (χ1v) is 5.75. The second-order valence-electron chi connectivity index (χ2n) is 3.97. The third kappa shape index (κ3) is 2.84. The average molecular weight is 268 g/mol. The summed E-state index contributed by atoms with van der Waals surface area (Å²) < 4.78 is 4.62. The van der Waals surface area contributed by atoms with Crippen LogP contribution in [0.15, 0.2) is 36.5 Å². The lowest BCUT2D eigenvalue weighted by molar-refractivity contribution is 0.0601. The summed E-state index contributed by atoms with van der Waals surface area (Å²) in [6.07, 6.45) is 1.46. The van der Waals surface area contributed by atoms with Crippen molar-refractivity contribution in [2.24, 2.45) is 0 Å². The van der Waals surface area contributed by atoms with Crippen molar-refractivity contribution in [1.29, 1.82) is 5.26 Å². The van der Waals surface area contributed by atoms with Gasteiger partial charge in [-0.25, -0.2) is 9.78 Å². The van der Waals surface area contributed by atoms with Gasteiger partial charge >= 0.3 is 5.97 Å². The topological polar surface area (TPSA) is 101 Å². The van der Waals surface area contributed by atoms with E-state index < -0.39 is 5.97 Å². The number of hydrogen-bond acceptors (Lipinski definition) is 6. The molecule has 6 nitrogen and oxygen atoms in total. The number of nitrogen functional groups attached to an aromatic ring is 1. The number of pyridine rings is 1. The zero-order valence-electron chi connectivity index (χ0n) is 10.8. The Hall–Kier alpha value is -3.07. The lowest BCUT2D eigenvalue weighted by Crippen LogP contribution is -2.02. The molecule has 100 valence electrons. The molecule has 2 rings (SSSR count). The van der Waals surface area contributed by atoms with Crippen LogP contribution in [0.3, 0.4) is 0 Å². The predicted octanol–water partition coefficient (Wildman–Crippen LogP) is 2.07. The maximum absolute atomic E-state index is 11.3. The molecule has 6 heteroatoms. The number of esters is 1. The molecule has 0 spiro atoms. The average Bonchev–Trinajstić information content (AvgIpc) is 2.49. The molecule has 20 heavy (non-hydrogen) atoms. The van der Waals surface area contributed by atoms with E-state index in [2.05, 4.69) is 15.0 Å². The minimum atomic E-state index is -0.403. The van der Waals surface area contributed by atoms with Crippen molar-refractivity contribution in [3.8, 4) is 6.07 Å². The summed E-state index contributed by atoms with van der Waals surface area (Å²) in [7, 11) is 1.33. The predicted molar refractivity (Wildman–Crippen MR) is 74.4 cm³/mol. The maximum Gasteiger partial charge on any atom is 0.337 e. The highest BCUT2D eigenvalue weighted by molar-refractivity contribution is 5.89. The monoisotopic (exact) mass is 268 g/mol. The first-order valence-electron chi connectivity index (χ1n) is 5.75. The van der Waals surface area contributed by atoms with Crippen LogP contribution in [0.5, 0.6) is 0 Å². The van der Waals surface area contributed by atoms with E-state index in [0.29, 0.717) is 28.3 Å². The summed E-state index contributed by atoms with van der Waals surface area (Å²) in [6, 6.07) is 10.2. The van der Waals surface area contributed by atoms with Crippen LogP contribution in [0.4, 0.5) is 17.2 Å². The molecule has 0 aliphatic heterocycles. The van der Waals surface area contributed by atoms with Crippen LogP contribution in [0.2, 0.25) is 0 Å². The number of nitrogens with zero attached hydrogens (tertiary/aromatic N) is 2. The van der Waals surface area contributed by atoms with E-state index in [0.717, 1.165) is 0 Å². The van der Waals surface area contributed by atoms with Crippen molar-refractivity contribution in [3.05, 3.63) is 47.7 Å². The van der Waals surface area contributed by atoms with E-state index in [1.54, 1.807) is 24.3 Å². The molecule has 0 saturated heterocycles. The molecular weight excluding hydrogens is 256 g/mol. The van der Waals surface area contributed by atoms with Gasteiger partial charge in [-0.3, -0.25) is 0 Å².